The van der Waals surface area contributed by atoms with E-state index in [0.29, 0.717) is 17.3 Å². The van der Waals surface area contributed by atoms with Gasteiger partial charge in [-0.15, -0.1) is 0 Å². The highest BCUT2D eigenvalue weighted by atomic mass is 35.5. The molecule has 23 heavy (non-hydrogen) atoms. The largest absolute Gasteiger partial charge is 0.482 e. The standard InChI is InChI=1S/C18H21ClN2O2/c1-21(2)16(14-8-4-3-5-9-14)12-20-18(22)13-23-17-11-7-6-10-15(17)19/h3-11,16H,12-13H2,1-2H3,(H,20,22). The maximum absolute atomic E-state index is 12.0. The summed E-state index contributed by atoms with van der Waals surface area (Å²) in [5, 5.41) is 3.40. The predicted molar refractivity (Wildman–Crippen MR) is 92.8 cm³/mol. The lowest BCUT2D eigenvalue weighted by Gasteiger charge is -2.25. The highest BCUT2D eigenvalue weighted by Crippen LogP contribution is 2.22. The molecule has 2 aromatic carbocycles. The lowest BCUT2D eigenvalue weighted by Crippen LogP contribution is -2.36. The molecule has 122 valence electrons. The van der Waals surface area contributed by atoms with E-state index >= 15 is 0 Å². The molecule has 0 saturated heterocycles. The van der Waals surface area contributed by atoms with Gasteiger partial charge in [-0.2, -0.15) is 0 Å². The molecule has 1 N–H and O–H groups in total. The first-order valence-corrected chi connectivity index (χ1v) is 7.81. The highest BCUT2D eigenvalue weighted by molar-refractivity contribution is 6.32. The van der Waals surface area contributed by atoms with Crippen molar-refractivity contribution in [1.29, 1.82) is 0 Å². The summed E-state index contributed by atoms with van der Waals surface area (Å²) in [5.41, 5.74) is 1.16. The van der Waals surface area contributed by atoms with Gasteiger partial charge in [0.05, 0.1) is 11.1 Å². The van der Waals surface area contributed by atoms with Crippen LogP contribution in [0.25, 0.3) is 0 Å². The molecule has 0 spiro atoms. The third-order valence-electron chi connectivity index (χ3n) is 3.50. The van der Waals surface area contributed by atoms with Crippen molar-refractivity contribution in [3.8, 4) is 5.75 Å². The smallest absolute Gasteiger partial charge is 0.258 e. The molecule has 2 aromatic rings. The average molecular weight is 333 g/mol. The number of nitrogens with zero attached hydrogens (tertiary/aromatic N) is 1. The summed E-state index contributed by atoms with van der Waals surface area (Å²) in [6, 6.07) is 17.3. The Kier molecular flexibility index (Phi) is 6.44. The molecule has 2 rings (SSSR count). The van der Waals surface area contributed by atoms with Crippen LogP contribution in [0.5, 0.6) is 5.75 Å². The Morgan fingerprint density at radius 1 is 1.13 bits per heavy atom. The number of hydrogen-bond donors (Lipinski definition) is 1. The van der Waals surface area contributed by atoms with Gasteiger partial charge in [0, 0.05) is 6.54 Å². The van der Waals surface area contributed by atoms with E-state index in [9.17, 15) is 4.79 Å². The summed E-state index contributed by atoms with van der Waals surface area (Å²) < 4.78 is 5.44. The highest BCUT2D eigenvalue weighted by Gasteiger charge is 2.15. The average Bonchev–Trinajstić information content (AvgIpc) is 2.55. The fourth-order valence-corrected chi connectivity index (χ4v) is 2.43. The van der Waals surface area contributed by atoms with Crippen molar-refractivity contribution >= 4 is 17.5 Å². The topological polar surface area (TPSA) is 41.6 Å². The van der Waals surface area contributed by atoms with Crippen LogP contribution in [0.1, 0.15) is 11.6 Å². The molecule has 0 saturated carbocycles. The molecule has 0 heterocycles. The van der Waals surface area contributed by atoms with Gasteiger partial charge >= 0.3 is 0 Å². The molecular formula is C18H21ClN2O2. The van der Waals surface area contributed by atoms with Crippen LogP contribution in [0.2, 0.25) is 5.02 Å². The molecule has 1 amide bonds. The summed E-state index contributed by atoms with van der Waals surface area (Å²) >= 11 is 5.99. The molecule has 0 aromatic heterocycles. The van der Waals surface area contributed by atoms with E-state index < -0.39 is 0 Å². The monoisotopic (exact) mass is 332 g/mol. The van der Waals surface area contributed by atoms with E-state index in [0.717, 1.165) is 5.56 Å². The summed E-state index contributed by atoms with van der Waals surface area (Å²) in [6.07, 6.45) is 0. The van der Waals surface area contributed by atoms with Crippen molar-refractivity contribution in [3.05, 3.63) is 65.2 Å². The van der Waals surface area contributed by atoms with Gasteiger partial charge in [0.2, 0.25) is 0 Å². The number of nitrogens with one attached hydrogen (secondary N) is 1. The molecule has 1 atom stereocenters. The molecule has 4 nitrogen and oxygen atoms in total. The third-order valence-corrected chi connectivity index (χ3v) is 3.81. The van der Waals surface area contributed by atoms with Gasteiger partial charge in [-0.05, 0) is 31.8 Å². The minimum Gasteiger partial charge on any atom is -0.482 e. The fraction of sp³-hybridized carbons (Fsp3) is 0.278. The molecule has 0 radical (unpaired) electrons. The number of halogens is 1. The Morgan fingerprint density at radius 2 is 1.78 bits per heavy atom. The summed E-state index contributed by atoms with van der Waals surface area (Å²) in [6.45, 7) is 0.459. The van der Waals surface area contributed by atoms with Crippen LogP contribution < -0.4 is 10.1 Å². The molecule has 0 bridgehead atoms. The third kappa shape index (κ3) is 5.27. The first-order valence-electron chi connectivity index (χ1n) is 7.43. The normalized spacial score (nSPS) is 12.0. The van der Waals surface area contributed by atoms with Crippen molar-refractivity contribution in [3.63, 3.8) is 0 Å². The Morgan fingerprint density at radius 3 is 2.43 bits per heavy atom. The second-order valence-electron chi connectivity index (χ2n) is 5.41. The molecule has 1 unspecified atom stereocenters. The molecule has 0 aliphatic rings. The van der Waals surface area contributed by atoms with Crippen LogP contribution in [0.3, 0.4) is 0 Å². The number of benzene rings is 2. The van der Waals surface area contributed by atoms with E-state index in [4.69, 9.17) is 16.3 Å². The van der Waals surface area contributed by atoms with Gasteiger partial charge < -0.3 is 15.0 Å². The lowest BCUT2D eigenvalue weighted by molar-refractivity contribution is -0.123. The zero-order valence-corrected chi connectivity index (χ0v) is 14.1. The molecule has 0 aliphatic heterocycles. The van der Waals surface area contributed by atoms with Crippen molar-refractivity contribution in [2.45, 2.75) is 6.04 Å². The van der Waals surface area contributed by atoms with Crippen LogP contribution in [0, 0.1) is 0 Å². The quantitative estimate of drug-likeness (QED) is 0.847. The van der Waals surface area contributed by atoms with Gasteiger partial charge in [0.15, 0.2) is 6.61 Å². The van der Waals surface area contributed by atoms with Crippen molar-refractivity contribution in [2.75, 3.05) is 27.2 Å². The Hall–Kier alpha value is -2.04. The maximum atomic E-state index is 12.0. The van der Waals surface area contributed by atoms with E-state index in [1.54, 1.807) is 12.1 Å². The van der Waals surface area contributed by atoms with Gasteiger partial charge in [0.1, 0.15) is 5.75 Å². The van der Waals surface area contributed by atoms with Gasteiger partial charge in [0.25, 0.3) is 5.91 Å². The SMILES string of the molecule is CN(C)C(CNC(=O)COc1ccccc1Cl)c1ccccc1. The number of ether oxygens (including phenoxy) is 1. The number of carbonyl (C=O) groups excluding carboxylic acids is 1. The lowest BCUT2D eigenvalue weighted by atomic mass is 10.1. The van der Waals surface area contributed by atoms with Crippen LogP contribution in [0.4, 0.5) is 0 Å². The summed E-state index contributed by atoms with van der Waals surface area (Å²) in [4.78, 5) is 14.1. The second-order valence-corrected chi connectivity index (χ2v) is 5.82. The number of amides is 1. The second kappa shape index (κ2) is 8.56. The number of rotatable bonds is 7. The fourth-order valence-electron chi connectivity index (χ4n) is 2.24. The van der Waals surface area contributed by atoms with E-state index in [2.05, 4.69) is 22.3 Å². The maximum Gasteiger partial charge on any atom is 0.258 e. The first kappa shape index (κ1) is 17.3. The molecular weight excluding hydrogens is 312 g/mol. The Labute approximate surface area is 142 Å². The Balaban J connectivity index is 1.86. The van der Waals surface area contributed by atoms with Crippen LogP contribution in [-0.4, -0.2) is 38.1 Å². The Bertz CT molecular complexity index is 632. The van der Waals surface area contributed by atoms with Crippen molar-refractivity contribution in [1.82, 2.24) is 10.2 Å². The number of carbonyl (C=O) groups is 1. The van der Waals surface area contributed by atoms with Gasteiger partial charge in [-0.25, -0.2) is 0 Å². The number of para-hydroxylation sites is 1. The van der Waals surface area contributed by atoms with Crippen molar-refractivity contribution < 1.29 is 9.53 Å². The van der Waals surface area contributed by atoms with Crippen LogP contribution >= 0.6 is 11.6 Å². The zero-order chi connectivity index (χ0) is 16.7. The van der Waals surface area contributed by atoms with E-state index in [1.165, 1.54) is 0 Å². The van der Waals surface area contributed by atoms with Crippen LogP contribution in [0.15, 0.2) is 54.6 Å². The van der Waals surface area contributed by atoms with E-state index in [1.807, 2.05) is 44.4 Å². The van der Waals surface area contributed by atoms with E-state index in [-0.39, 0.29) is 18.6 Å². The molecule has 0 aliphatic carbocycles. The minimum absolute atomic E-state index is 0.0569. The van der Waals surface area contributed by atoms with Crippen molar-refractivity contribution in [2.24, 2.45) is 0 Å². The molecule has 5 heteroatoms. The summed E-state index contributed by atoms with van der Waals surface area (Å²) in [7, 11) is 3.98. The predicted octanol–water partition coefficient (Wildman–Crippen LogP) is 3.14. The van der Waals surface area contributed by atoms with Gasteiger partial charge in [-0.3, -0.25) is 4.79 Å². The first-order chi connectivity index (χ1) is 11.1. The number of likely N-dealkylation sites (N-methyl/N-ethyl adjacent to an activating group) is 1. The van der Waals surface area contributed by atoms with Crippen LogP contribution in [-0.2, 0) is 4.79 Å². The summed E-state index contributed by atoms with van der Waals surface area (Å²) in [5.74, 6) is 0.337. The number of hydrogen-bond acceptors (Lipinski definition) is 3. The molecule has 0 fully saturated rings. The zero-order valence-electron chi connectivity index (χ0n) is 13.3. The minimum atomic E-state index is -0.173. The van der Waals surface area contributed by atoms with Gasteiger partial charge in [-0.1, -0.05) is 54.1 Å².